The van der Waals surface area contributed by atoms with Crippen molar-refractivity contribution >= 4 is 11.6 Å². The number of hydrogen-bond acceptors (Lipinski definition) is 2. The Morgan fingerprint density at radius 2 is 2.05 bits per heavy atom. The topological polar surface area (TPSA) is 56.9 Å². The first kappa shape index (κ1) is 12.7. The number of aryl methyl sites for hydroxylation is 1. The predicted molar refractivity (Wildman–Crippen MR) is 83.3 cm³/mol. The van der Waals surface area contributed by atoms with Crippen LogP contribution in [0.25, 0.3) is 11.3 Å². The molecule has 1 amide bonds. The lowest BCUT2D eigenvalue weighted by Crippen LogP contribution is -2.23. The van der Waals surface area contributed by atoms with Crippen molar-refractivity contribution in [3.8, 4) is 11.3 Å². The zero-order valence-electron chi connectivity index (χ0n) is 12.2. The molecule has 0 radical (unpaired) electrons. The average Bonchev–Trinajstić information content (AvgIpc) is 2.84. The van der Waals surface area contributed by atoms with Crippen LogP contribution in [0.3, 0.4) is 0 Å². The minimum Gasteiger partial charge on any atom is -0.358 e. The summed E-state index contributed by atoms with van der Waals surface area (Å²) in [5, 5.41) is 6.38. The monoisotopic (exact) mass is 281 g/mol. The van der Waals surface area contributed by atoms with Crippen molar-refractivity contribution < 1.29 is 4.79 Å². The summed E-state index contributed by atoms with van der Waals surface area (Å²) in [6.45, 7) is 4.19. The van der Waals surface area contributed by atoms with Crippen LogP contribution in [0.5, 0.6) is 0 Å². The van der Waals surface area contributed by atoms with E-state index in [1.807, 2.05) is 6.07 Å². The van der Waals surface area contributed by atoms with Crippen LogP contribution >= 0.6 is 0 Å². The molecule has 0 aliphatic carbocycles. The van der Waals surface area contributed by atoms with E-state index in [0.717, 1.165) is 31.6 Å². The number of carbonyl (C=O) groups excluding carboxylic acids is 1. The molecule has 108 valence electrons. The molecule has 2 aliphatic rings. The molecule has 4 nitrogen and oxygen atoms in total. The molecule has 3 N–H and O–H groups in total. The maximum atomic E-state index is 11.4. The predicted octanol–water partition coefficient (Wildman–Crippen LogP) is 2.52. The molecule has 0 bridgehead atoms. The minimum absolute atomic E-state index is 0.118. The van der Waals surface area contributed by atoms with Gasteiger partial charge in [-0.15, -0.1) is 0 Å². The number of amides is 1. The van der Waals surface area contributed by atoms with Gasteiger partial charge in [0, 0.05) is 43.0 Å². The Bertz CT molecular complexity index is 730. The largest absolute Gasteiger partial charge is 0.358 e. The molecule has 0 fully saturated rings. The Balaban J connectivity index is 1.77. The highest BCUT2D eigenvalue weighted by Gasteiger charge is 2.20. The molecular weight excluding hydrogens is 262 g/mol. The van der Waals surface area contributed by atoms with Gasteiger partial charge >= 0.3 is 0 Å². The Hall–Kier alpha value is -2.07. The molecule has 4 rings (SSSR count). The Morgan fingerprint density at radius 3 is 2.90 bits per heavy atom. The summed E-state index contributed by atoms with van der Waals surface area (Å²) in [5.41, 5.74) is 8.77. The Labute approximate surface area is 124 Å². The molecule has 2 aliphatic heterocycles. The number of hydrogen-bond donors (Lipinski definition) is 3. The second kappa shape index (κ2) is 4.74. The first-order chi connectivity index (χ1) is 10.2. The maximum absolute atomic E-state index is 11.4. The Morgan fingerprint density at radius 1 is 1.14 bits per heavy atom. The van der Waals surface area contributed by atoms with Crippen molar-refractivity contribution in [1.82, 2.24) is 10.3 Å². The van der Waals surface area contributed by atoms with Crippen LogP contribution in [0, 0.1) is 6.92 Å². The van der Waals surface area contributed by atoms with Crippen LogP contribution in [-0.2, 0) is 24.2 Å². The molecular formula is C17H19N3O. The molecule has 0 atom stereocenters. The van der Waals surface area contributed by atoms with Gasteiger partial charge in [-0.3, -0.25) is 4.79 Å². The zero-order chi connectivity index (χ0) is 14.4. The van der Waals surface area contributed by atoms with Gasteiger partial charge in [0.05, 0.1) is 0 Å². The summed E-state index contributed by atoms with van der Waals surface area (Å²) in [6, 6.07) is 6.34. The smallest absolute Gasteiger partial charge is 0.224 e. The number of aromatic nitrogens is 1. The van der Waals surface area contributed by atoms with E-state index in [2.05, 4.69) is 34.7 Å². The van der Waals surface area contributed by atoms with Crippen LogP contribution in [0.1, 0.15) is 28.8 Å². The summed E-state index contributed by atoms with van der Waals surface area (Å²) in [7, 11) is 0. The van der Waals surface area contributed by atoms with Crippen LogP contribution in [0.2, 0.25) is 0 Å². The van der Waals surface area contributed by atoms with E-state index in [1.54, 1.807) is 0 Å². The van der Waals surface area contributed by atoms with Gasteiger partial charge in [-0.05, 0) is 47.7 Å². The number of benzene rings is 1. The van der Waals surface area contributed by atoms with Crippen molar-refractivity contribution in [1.29, 1.82) is 0 Å². The number of H-pyrrole nitrogens is 1. The third-order valence-electron chi connectivity index (χ3n) is 4.61. The van der Waals surface area contributed by atoms with E-state index in [4.69, 9.17) is 0 Å². The Kier molecular flexibility index (Phi) is 2.86. The van der Waals surface area contributed by atoms with Crippen LogP contribution < -0.4 is 10.6 Å². The van der Waals surface area contributed by atoms with E-state index in [9.17, 15) is 4.79 Å². The molecule has 4 heteroatoms. The van der Waals surface area contributed by atoms with Gasteiger partial charge in [-0.2, -0.15) is 0 Å². The van der Waals surface area contributed by atoms with Gasteiger partial charge in [0.1, 0.15) is 0 Å². The SMILES string of the molecule is Cc1c(-c2ccc3c(c2)CCC(=O)N3)[nH]c2c1CNCC2. The fraction of sp³-hybridized carbons (Fsp3) is 0.353. The number of aromatic amines is 1. The highest BCUT2D eigenvalue weighted by molar-refractivity contribution is 5.94. The van der Waals surface area contributed by atoms with Crippen molar-refractivity contribution in [2.24, 2.45) is 0 Å². The number of fused-ring (bicyclic) bond motifs is 2. The van der Waals surface area contributed by atoms with Crippen molar-refractivity contribution in [2.45, 2.75) is 32.7 Å². The third kappa shape index (κ3) is 2.07. The summed E-state index contributed by atoms with van der Waals surface area (Å²) < 4.78 is 0. The normalized spacial score (nSPS) is 17.1. The molecule has 0 saturated heterocycles. The van der Waals surface area contributed by atoms with Crippen molar-refractivity contribution in [3.63, 3.8) is 0 Å². The summed E-state index contributed by atoms with van der Waals surface area (Å²) in [4.78, 5) is 15.0. The second-order valence-corrected chi connectivity index (χ2v) is 5.93. The van der Waals surface area contributed by atoms with Crippen LogP contribution in [0.15, 0.2) is 18.2 Å². The van der Waals surface area contributed by atoms with Crippen molar-refractivity contribution in [2.75, 3.05) is 11.9 Å². The molecule has 0 unspecified atom stereocenters. The molecule has 3 heterocycles. The molecule has 21 heavy (non-hydrogen) atoms. The van der Waals surface area contributed by atoms with E-state index >= 15 is 0 Å². The molecule has 1 aromatic heterocycles. The lowest BCUT2D eigenvalue weighted by Gasteiger charge is -2.17. The van der Waals surface area contributed by atoms with Crippen LogP contribution in [0.4, 0.5) is 5.69 Å². The standard InChI is InChI=1S/C17H19N3O/c1-10-13-9-18-7-6-15(13)20-17(10)12-2-4-14-11(8-12)3-5-16(21)19-14/h2,4,8,18,20H,3,5-7,9H2,1H3,(H,19,21). The van der Waals surface area contributed by atoms with E-state index < -0.39 is 0 Å². The summed E-state index contributed by atoms with van der Waals surface area (Å²) in [6.07, 6.45) is 2.48. The third-order valence-corrected chi connectivity index (χ3v) is 4.61. The summed E-state index contributed by atoms with van der Waals surface area (Å²) >= 11 is 0. The molecule has 0 saturated carbocycles. The van der Waals surface area contributed by atoms with E-state index in [-0.39, 0.29) is 5.91 Å². The lowest BCUT2D eigenvalue weighted by molar-refractivity contribution is -0.116. The maximum Gasteiger partial charge on any atom is 0.224 e. The first-order valence-corrected chi connectivity index (χ1v) is 7.56. The summed E-state index contributed by atoms with van der Waals surface area (Å²) in [5.74, 6) is 0.118. The van der Waals surface area contributed by atoms with Crippen LogP contribution in [-0.4, -0.2) is 17.4 Å². The molecule has 0 spiro atoms. The number of nitrogens with one attached hydrogen (secondary N) is 3. The minimum atomic E-state index is 0.118. The number of anilines is 1. The van der Waals surface area contributed by atoms with Gasteiger partial charge < -0.3 is 15.6 Å². The van der Waals surface area contributed by atoms with E-state index in [1.165, 1.54) is 33.6 Å². The van der Waals surface area contributed by atoms with Crippen molar-refractivity contribution in [3.05, 3.63) is 40.6 Å². The number of rotatable bonds is 1. The quantitative estimate of drug-likeness (QED) is 0.752. The molecule has 1 aromatic carbocycles. The molecule has 2 aromatic rings. The zero-order valence-corrected chi connectivity index (χ0v) is 12.2. The van der Waals surface area contributed by atoms with Gasteiger partial charge in [-0.25, -0.2) is 0 Å². The fourth-order valence-corrected chi connectivity index (χ4v) is 3.40. The number of carbonyl (C=O) groups is 1. The average molecular weight is 281 g/mol. The van der Waals surface area contributed by atoms with E-state index in [0.29, 0.717) is 6.42 Å². The fourth-order valence-electron chi connectivity index (χ4n) is 3.40. The van der Waals surface area contributed by atoms with Gasteiger partial charge in [0.25, 0.3) is 0 Å². The highest BCUT2D eigenvalue weighted by atomic mass is 16.1. The van der Waals surface area contributed by atoms with Gasteiger partial charge in [0.15, 0.2) is 0 Å². The highest BCUT2D eigenvalue weighted by Crippen LogP contribution is 2.33. The lowest BCUT2D eigenvalue weighted by atomic mass is 9.97. The van der Waals surface area contributed by atoms with Gasteiger partial charge in [-0.1, -0.05) is 6.07 Å². The first-order valence-electron chi connectivity index (χ1n) is 7.56. The van der Waals surface area contributed by atoms with Gasteiger partial charge in [0.2, 0.25) is 5.91 Å². The second-order valence-electron chi connectivity index (χ2n) is 5.93.